The smallest absolute Gasteiger partial charge is 0.434 e. The quantitative estimate of drug-likeness (QED) is 0.202. The van der Waals surface area contributed by atoms with Gasteiger partial charge in [0.25, 0.3) is 5.56 Å². The van der Waals surface area contributed by atoms with Gasteiger partial charge in [0, 0.05) is 16.5 Å². The van der Waals surface area contributed by atoms with Crippen molar-refractivity contribution in [2.24, 2.45) is 0 Å². The van der Waals surface area contributed by atoms with Crippen molar-refractivity contribution in [3.05, 3.63) is 57.4 Å². The fourth-order valence-electron chi connectivity index (χ4n) is 5.18. The van der Waals surface area contributed by atoms with Gasteiger partial charge in [-0.25, -0.2) is 24.8 Å². The minimum Gasteiger partial charge on any atom is -0.458 e. The molecule has 2 aromatic heterocycles. The number of benzene rings is 1. The maximum absolute atomic E-state index is 13.9. The zero-order valence-corrected chi connectivity index (χ0v) is 24.7. The molecule has 0 fully saturated rings. The van der Waals surface area contributed by atoms with Crippen molar-refractivity contribution in [1.82, 2.24) is 15.0 Å². The zero-order chi connectivity index (χ0) is 30.8. The van der Waals surface area contributed by atoms with Gasteiger partial charge >= 0.3 is 18.2 Å². The lowest BCUT2D eigenvalue weighted by atomic mass is 9.84. The van der Waals surface area contributed by atoms with E-state index in [0.29, 0.717) is 16.8 Å². The molecule has 12 heteroatoms. The third-order valence-electron chi connectivity index (χ3n) is 6.90. The van der Waals surface area contributed by atoms with Crippen molar-refractivity contribution in [1.29, 1.82) is 0 Å². The number of nitrogens with one attached hydrogen (secondary N) is 1. The first-order valence-electron chi connectivity index (χ1n) is 13.7. The minimum absolute atomic E-state index is 0.0328. The Morgan fingerprint density at radius 1 is 1.12 bits per heavy atom. The Labute approximate surface area is 242 Å². The van der Waals surface area contributed by atoms with Crippen molar-refractivity contribution < 1.29 is 33.7 Å². The van der Waals surface area contributed by atoms with Crippen molar-refractivity contribution in [2.45, 2.75) is 84.8 Å². The summed E-state index contributed by atoms with van der Waals surface area (Å²) >= 11 is 0. The second-order valence-corrected chi connectivity index (χ2v) is 12.4. The Morgan fingerprint density at radius 3 is 2.43 bits per heavy atom. The molecule has 0 saturated carbocycles. The van der Waals surface area contributed by atoms with Crippen LogP contribution in [0.4, 0.5) is 15.3 Å². The Balaban J connectivity index is 1.87. The molecule has 222 valence electrons. The van der Waals surface area contributed by atoms with E-state index in [2.05, 4.69) is 5.43 Å². The van der Waals surface area contributed by atoms with Crippen molar-refractivity contribution in [3.63, 3.8) is 0 Å². The van der Waals surface area contributed by atoms with Crippen LogP contribution in [0.3, 0.4) is 0 Å². The molecule has 12 nitrogen and oxygen atoms in total. The Morgan fingerprint density at radius 2 is 1.79 bits per heavy atom. The molecule has 2 aliphatic heterocycles. The predicted molar refractivity (Wildman–Crippen MR) is 153 cm³/mol. The van der Waals surface area contributed by atoms with E-state index in [1.54, 1.807) is 54.5 Å². The Hall–Kier alpha value is -4.45. The summed E-state index contributed by atoms with van der Waals surface area (Å²) in [5.41, 5.74) is -0.903. The SMILES string of the molecule is CC[C@@]1(O)C(=O)OCc2c1c(N(NC(=O)OC(C)(C)C)C(=O)OC(C)(C)C)c1n(c2=O)Cc2cc3ccccc3nc2-1. The molecule has 1 aromatic carbocycles. The number of hydrogen-bond donors (Lipinski definition) is 2. The molecule has 0 unspecified atom stereocenters. The lowest BCUT2D eigenvalue weighted by Gasteiger charge is -2.37. The molecule has 1 atom stereocenters. The van der Waals surface area contributed by atoms with Crippen LogP contribution < -0.4 is 16.0 Å². The second-order valence-electron chi connectivity index (χ2n) is 12.4. The highest BCUT2D eigenvalue weighted by Crippen LogP contribution is 2.47. The van der Waals surface area contributed by atoms with Crippen LogP contribution in [0.15, 0.2) is 35.1 Å². The first-order valence-corrected chi connectivity index (χ1v) is 13.7. The number of anilines is 1. The molecule has 42 heavy (non-hydrogen) atoms. The topological polar surface area (TPSA) is 149 Å². The summed E-state index contributed by atoms with van der Waals surface area (Å²) in [6.07, 6.45) is -2.24. The molecule has 0 saturated heterocycles. The highest BCUT2D eigenvalue weighted by Gasteiger charge is 2.50. The maximum Gasteiger partial charge on any atom is 0.434 e. The third kappa shape index (κ3) is 4.95. The van der Waals surface area contributed by atoms with Crippen molar-refractivity contribution in [3.8, 4) is 11.4 Å². The van der Waals surface area contributed by atoms with E-state index in [4.69, 9.17) is 19.2 Å². The van der Waals surface area contributed by atoms with Crippen LogP contribution in [0.1, 0.15) is 71.6 Å². The van der Waals surface area contributed by atoms with Gasteiger partial charge in [-0.2, -0.15) is 5.01 Å². The van der Waals surface area contributed by atoms with Gasteiger partial charge in [0.1, 0.15) is 23.5 Å². The van der Waals surface area contributed by atoms with Crippen LogP contribution in [-0.2, 0) is 37.8 Å². The molecule has 0 bridgehead atoms. The number of aromatic nitrogens is 2. The number of rotatable bonds is 2. The van der Waals surface area contributed by atoms with Gasteiger partial charge in [0.2, 0.25) is 0 Å². The first kappa shape index (κ1) is 29.1. The largest absolute Gasteiger partial charge is 0.458 e. The summed E-state index contributed by atoms with van der Waals surface area (Å²) in [5, 5.41) is 13.4. The molecule has 3 aromatic rings. The number of fused-ring (bicyclic) bond motifs is 5. The van der Waals surface area contributed by atoms with E-state index in [0.717, 1.165) is 10.4 Å². The Kier molecular flexibility index (Phi) is 6.80. The van der Waals surface area contributed by atoms with Crippen LogP contribution in [-0.4, -0.2) is 44.0 Å². The van der Waals surface area contributed by atoms with Gasteiger partial charge in [-0.1, -0.05) is 25.1 Å². The van der Waals surface area contributed by atoms with Gasteiger partial charge < -0.3 is 19.3 Å². The van der Waals surface area contributed by atoms with Gasteiger partial charge in [0.15, 0.2) is 5.60 Å². The zero-order valence-electron chi connectivity index (χ0n) is 24.7. The molecule has 0 spiro atoms. The molecule has 2 aliphatic rings. The summed E-state index contributed by atoms with van der Waals surface area (Å²) in [5.74, 6) is -0.991. The lowest BCUT2D eigenvalue weighted by molar-refractivity contribution is -0.172. The van der Waals surface area contributed by atoms with Crippen LogP contribution in [0.2, 0.25) is 0 Å². The number of carbonyl (C=O) groups excluding carboxylic acids is 3. The molecule has 2 amide bonds. The number of cyclic esters (lactones) is 1. The van der Waals surface area contributed by atoms with Gasteiger partial charge in [-0.3, -0.25) is 9.36 Å². The summed E-state index contributed by atoms with van der Waals surface area (Å²) in [7, 11) is 0. The number of esters is 1. The normalized spacial score (nSPS) is 17.6. The highest BCUT2D eigenvalue weighted by molar-refractivity contribution is 6.00. The molecular formula is C30H34N4O8. The summed E-state index contributed by atoms with van der Waals surface area (Å²) in [6.45, 7) is 11.1. The summed E-state index contributed by atoms with van der Waals surface area (Å²) < 4.78 is 17.8. The second kappa shape index (κ2) is 9.83. The van der Waals surface area contributed by atoms with Crippen LogP contribution >= 0.6 is 0 Å². The van der Waals surface area contributed by atoms with E-state index in [9.17, 15) is 24.3 Å². The van der Waals surface area contributed by atoms with E-state index in [1.165, 1.54) is 4.57 Å². The summed E-state index contributed by atoms with van der Waals surface area (Å²) in [4.78, 5) is 58.8. The number of amides is 2. The van der Waals surface area contributed by atoms with E-state index in [-0.39, 0.29) is 35.5 Å². The average Bonchev–Trinajstić information content (AvgIpc) is 3.25. The van der Waals surface area contributed by atoms with Crippen LogP contribution in [0.25, 0.3) is 22.3 Å². The lowest BCUT2D eigenvalue weighted by Crippen LogP contribution is -2.53. The molecule has 0 radical (unpaired) electrons. The van der Waals surface area contributed by atoms with Crippen LogP contribution in [0, 0.1) is 0 Å². The van der Waals surface area contributed by atoms with Gasteiger partial charge in [-0.15, -0.1) is 0 Å². The highest BCUT2D eigenvalue weighted by atomic mass is 16.6. The van der Waals surface area contributed by atoms with E-state index >= 15 is 0 Å². The number of para-hydroxylation sites is 1. The van der Waals surface area contributed by atoms with Crippen LogP contribution in [0.5, 0.6) is 0 Å². The molecular weight excluding hydrogens is 544 g/mol. The standard InChI is InChI=1S/C30H34N4O8/c1-8-30(39)20-18(15-40-25(30)36)24(35)33-14-17-13-16-11-9-10-12-19(16)31-21(17)23(33)22(20)34(27(38)42-29(5,6)7)32-26(37)41-28(2,3)4/h9-13,39H,8,14-15H2,1-7H3,(H,32,37)/t30-/m0/s1. The molecule has 0 aliphatic carbocycles. The van der Waals surface area contributed by atoms with Gasteiger partial charge in [-0.05, 0) is 60.1 Å². The maximum atomic E-state index is 13.9. The number of pyridine rings is 2. The number of ether oxygens (including phenoxy) is 3. The number of nitrogens with zero attached hydrogens (tertiary/aromatic N) is 3. The fourth-order valence-corrected chi connectivity index (χ4v) is 5.18. The first-order chi connectivity index (χ1) is 19.5. The molecule has 2 N–H and O–H groups in total. The fraction of sp³-hybridized carbons (Fsp3) is 0.433. The monoisotopic (exact) mass is 578 g/mol. The summed E-state index contributed by atoms with van der Waals surface area (Å²) in [6, 6.07) is 9.27. The number of aliphatic hydroxyl groups is 1. The average molecular weight is 579 g/mol. The van der Waals surface area contributed by atoms with E-state index in [1.807, 2.05) is 24.3 Å². The molecule has 5 rings (SSSR count). The number of hydrogen-bond acceptors (Lipinski definition) is 9. The third-order valence-corrected chi connectivity index (χ3v) is 6.90. The minimum atomic E-state index is -2.33. The molecule has 4 heterocycles. The Bertz CT molecular complexity index is 1700. The van der Waals surface area contributed by atoms with Crippen molar-refractivity contribution in [2.75, 3.05) is 5.01 Å². The van der Waals surface area contributed by atoms with Gasteiger partial charge in [0.05, 0.1) is 29.0 Å². The number of carbonyl (C=O) groups is 3. The van der Waals surface area contributed by atoms with E-state index < -0.39 is 47.1 Å². The predicted octanol–water partition coefficient (Wildman–Crippen LogP) is 4.26. The van der Waals surface area contributed by atoms with Crippen molar-refractivity contribution >= 4 is 34.7 Å². The number of hydrazine groups is 1.